The van der Waals surface area contributed by atoms with E-state index >= 15 is 0 Å². The Labute approximate surface area is 162 Å². The maximum atomic E-state index is 12.3. The number of nitrogens with one attached hydrogen (secondary N) is 1. The highest BCUT2D eigenvalue weighted by Gasteiger charge is 2.22. The van der Waals surface area contributed by atoms with Gasteiger partial charge in [-0.1, -0.05) is 31.4 Å². The van der Waals surface area contributed by atoms with Crippen molar-refractivity contribution in [3.8, 4) is 0 Å². The van der Waals surface area contributed by atoms with E-state index in [1.165, 1.54) is 36.4 Å². The van der Waals surface area contributed by atoms with E-state index in [1.807, 2.05) is 43.8 Å². The van der Waals surface area contributed by atoms with Crippen LogP contribution in [0.2, 0.25) is 0 Å². The van der Waals surface area contributed by atoms with Crippen molar-refractivity contribution in [2.75, 3.05) is 29.4 Å². The van der Waals surface area contributed by atoms with Gasteiger partial charge in [0.05, 0.1) is 11.9 Å². The van der Waals surface area contributed by atoms with Crippen molar-refractivity contribution in [1.82, 2.24) is 5.32 Å². The maximum absolute atomic E-state index is 12.3. The minimum absolute atomic E-state index is 0.183. The molecule has 1 aromatic rings. The van der Waals surface area contributed by atoms with Crippen molar-refractivity contribution in [3.63, 3.8) is 0 Å². The van der Waals surface area contributed by atoms with E-state index in [-0.39, 0.29) is 12.5 Å². The predicted molar refractivity (Wildman–Crippen MR) is 110 cm³/mol. The molecule has 146 valence electrons. The van der Waals surface area contributed by atoms with Gasteiger partial charge in [0, 0.05) is 17.5 Å². The number of thioether (sulfide) groups is 1. The van der Waals surface area contributed by atoms with Gasteiger partial charge in [-0.3, -0.25) is 9.10 Å². The zero-order valence-corrected chi connectivity index (χ0v) is 17.6. The first-order valence-corrected chi connectivity index (χ1v) is 12.1. The molecule has 0 atom stereocenters. The number of nitrogens with zero attached hydrogens (tertiary/aromatic N) is 1. The SMILES string of the molecule is Cc1ccc(C)c(N(CC(=O)NCCSC2CCCCC2)S(C)(=O)=O)c1. The summed E-state index contributed by atoms with van der Waals surface area (Å²) in [6, 6.07) is 5.62. The molecule has 1 saturated carbocycles. The van der Waals surface area contributed by atoms with Crippen molar-refractivity contribution in [3.05, 3.63) is 29.3 Å². The average molecular weight is 399 g/mol. The summed E-state index contributed by atoms with van der Waals surface area (Å²) in [5, 5.41) is 3.57. The van der Waals surface area contributed by atoms with E-state index in [9.17, 15) is 13.2 Å². The van der Waals surface area contributed by atoms with Gasteiger partial charge in [0.25, 0.3) is 0 Å². The van der Waals surface area contributed by atoms with E-state index in [1.54, 1.807) is 0 Å². The molecule has 1 fully saturated rings. The smallest absolute Gasteiger partial charge is 0.240 e. The molecule has 1 aliphatic rings. The first-order valence-electron chi connectivity index (χ1n) is 9.20. The lowest BCUT2D eigenvalue weighted by atomic mass is 10.0. The highest BCUT2D eigenvalue weighted by atomic mass is 32.2. The zero-order valence-electron chi connectivity index (χ0n) is 16.0. The van der Waals surface area contributed by atoms with Gasteiger partial charge in [-0.2, -0.15) is 11.8 Å². The molecule has 1 N–H and O–H groups in total. The molecular weight excluding hydrogens is 368 g/mol. The molecular formula is C19H30N2O3S2. The number of benzene rings is 1. The second kappa shape index (κ2) is 9.65. The normalized spacial score (nSPS) is 15.7. The van der Waals surface area contributed by atoms with Gasteiger partial charge in [0.2, 0.25) is 15.9 Å². The number of hydrogen-bond donors (Lipinski definition) is 1. The molecule has 0 radical (unpaired) electrons. The zero-order chi connectivity index (χ0) is 19.2. The van der Waals surface area contributed by atoms with Crippen LogP contribution in [0, 0.1) is 13.8 Å². The second-order valence-corrected chi connectivity index (χ2v) is 10.4. The Morgan fingerprint density at radius 2 is 1.92 bits per heavy atom. The number of sulfonamides is 1. The Kier molecular flexibility index (Phi) is 7.83. The summed E-state index contributed by atoms with van der Waals surface area (Å²) in [4.78, 5) is 12.3. The summed E-state index contributed by atoms with van der Waals surface area (Å²) in [5.41, 5.74) is 2.37. The standard InChI is InChI=1S/C19H30N2O3S2/c1-15-9-10-16(2)18(13-15)21(26(3,23)24)14-19(22)20-11-12-25-17-7-5-4-6-8-17/h9-10,13,17H,4-8,11-12,14H2,1-3H3,(H,20,22). The Morgan fingerprint density at radius 3 is 2.58 bits per heavy atom. The Bertz CT molecular complexity index is 713. The lowest BCUT2D eigenvalue weighted by Gasteiger charge is -2.24. The first-order chi connectivity index (χ1) is 12.3. The molecule has 5 nitrogen and oxygen atoms in total. The summed E-state index contributed by atoms with van der Waals surface area (Å²) in [5.74, 6) is 0.610. The summed E-state index contributed by atoms with van der Waals surface area (Å²) in [7, 11) is -3.53. The summed E-state index contributed by atoms with van der Waals surface area (Å²) in [6.07, 6.45) is 7.64. The maximum Gasteiger partial charge on any atom is 0.240 e. The summed E-state index contributed by atoms with van der Waals surface area (Å²) >= 11 is 1.92. The Morgan fingerprint density at radius 1 is 1.23 bits per heavy atom. The van der Waals surface area contributed by atoms with Crippen LogP contribution in [0.25, 0.3) is 0 Å². The molecule has 0 heterocycles. The van der Waals surface area contributed by atoms with Crippen LogP contribution >= 0.6 is 11.8 Å². The fourth-order valence-corrected chi connectivity index (χ4v) is 5.33. The number of amides is 1. The Balaban J connectivity index is 1.89. The van der Waals surface area contributed by atoms with E-state index < -0.39 is 10.0 Å². The minimum atomic E-state index is -3.53. The van der Waals surface area contributed by atoms with Gasteiger partial charge in [0.1, 0.15) is 6.54 Å². The predicted octanol–water partition coefficient (Wildman–Crippen LogP) is 3.25. The highest BCUT2D eigenvalue weighted by Crippen LogP contribution is 2.27. The molecule has 2 rings (SSSR count). The van der Waals surface area contributed by atoms with Crippen molar-refractivity contribution >= 4 is 33.4 Å². The van der Waals surface area contributed by atoms with Gasteiger partial charge in [-0.15, -0.1) is 0 Å². The lowest BCUT2D eigenvalue weighted by Crippen LogP contribution is -2.41. The number of aryl methyl sites for hydroxylation is 2. The second-order valence-electron chi connectivity index (χ2n) is 7.04. The molecule has 7 heteroatoms. The largest absolute Gasteiger partial charge is 0.354 e. The van der Waals surface area contributed by atoms with Gasteiger partial charge in [-0.05, 0) is 43.9 Å². The van der Waals surface area contributed by atoms with Crippen molar-refractivity contribution in [2.24, 2.45) is 0 Å². The van der Waals surface area contributed by atoms with Gasteiger partial charge < -0.3 is 5.32 Å². The molecule has 0 bridgehead atoms. The van der Waals surface area contributed by atoms with Crippen LogP contribution in [0.1, 0.15) is 43.2 Å². The van der Waals surface area contributed by atoms with Crippen LogP contribution in [0.15, 0.2) is 18.2 Å². The van der Waals surface area contributed by atoms with Crippen molar-refractivity contribution in [2.45, 2.75) is 51.2 Å². The van der Waals surface area contributed by atoms with Gasteiger partial charge >= 0.3 is 0 Å². The molecule has 0 unspecified atom stereocenters. The van der Waals surface area contributed by atoms with Crippen LogP contribution in [0.4, 0.5) is 5.69 Å². The van der Waals surface area contributed by atoms with Gasteiger partial charge in [0.15, 0.2) is 0 Å². The molecule has 0 spiro atoms. The molecule has 0 aromatic heterocycles. The Hall–Kier alpha value is -1.21. The van der Waals surface area contributed by atoms with Crippen LogP contribution in [0.5, 0.6) is 0 Å². The van der Waals surface area contributed by atoms with Crippen LogP contribution < -0.4 is 9.62 Å². The van der Waals surface area contributed by atoms with Crippen LogP contribution in [-0.4, -0.2) is 44.7 Å². The molecule has 0 saturated heterocycles. The number of anilines is 1. The number of rotatable bonds is 8. The summed E-state index contributed by atoms with van der Waals surface area (Å²) in [6.45, 7) is 4.15. The van der Waals surface area contributed by atoms with Crippen molar-refractivity contribution in [1.29, 1.82) is 0 Å². The number of hydrogen-bond acceptors (Lipinski definition) is 4. The summed E-state index contributed by atoms with van der Waals surface area (Å²) < 4.78 is 25.6. The van der Waals surface area contributed by atoms with Crippen LogP contribution in [-0.2, 0) is 14.8 Å². The monoisotopic (exact) mass is 398 g/mol. The molecule has 0 aliphatic heterocycles. The van der Waals surface area contributed by atoms with E-state index in [2.05, 4.69) is 5.32 Å². The number of carbonyl (C=O) groups excluding carboxylic acids is 1. The molecule has 1 amide bonds. The third-order valence-corrected chi connectivity index (χ3v) is 7.16. The quantitative estimate of drug-likeness (QED) is 0.683. The fraction of sp³-hybridized carbons (Fsp3) is 0.632. The third-order valence-electron chi connectivity index (χ3n) is 4.65. The molecule has 1 aromatic carbocycles. The first kappa shape index (κ1) is 21.1. The molecule has 1 aliphatic carbocycles. The van der Waals surface area contributed by atoms with Crippen molar-refractivity contribution < 1.29 is 13.2 Å². The average Bonchev–Trinajstić information content (AvgIpc) is 2.59. The third kappa shape index (κ3) is 6.50. The lowest BCUT2D eigenvalue weighted by molar-refractivity contribution is -0.119. The van der Waals surface area contributed by atoms with Crippen LogP contribution in [0.3, 0.4) is 0 Å². The van der Waals surface area contributed by atoms with Gasteiger partial charge in [-0.25, -0.2) is 8.42 Å². The number of carbonyl (C=O) groups is 1. The topological polar surface area (TPSA) is 66.5 Å². The highest BCUT2D eigenvalue weighted by molar-refractivity contribution is 7.99. The van der Waals surface area contributed by atoms with E-state index in [0.717, 1.165) is 23.1 Å². The fourth-order valence-electron chi connectivity index (χ4n) is 3.20. The van der Waals surface area contributed by atoms with E-state index in [4.69, 9.17) is 0 Å². The minimum Gasteiger partial charge on any atom is -0.354 e. The molecule has 26 heavy (non-hydrogen) atoms. The van der Waals surface area contributed by atoms with E-state index in [0.29, 0.717) is 17.5 Å².